The molecule has 0 saturated heterocycles. The molecule has 0 unspecified atom stereocenters. The SMILES string of the molecule is CCC1CCC(c2ccc(-c3ccc(-c4nc(C(F)(F)F)nn4COCC[Si](C)(C)C)cc3)cn2)CC1. The average molecular weight is 531 g/mol. The lowest BCUT2D eigenvalue weighted by Gasteiger charge is -2.27. The molecule has 1 saturated carbocycles. The van der Waals surface area contributed by atoms with Crippen molar-refractivity contribution < 1.29 is 17.9 Å². The number of pyridine rings is 1. The predicted octanol–water partition coefficient (Wildman–Crippen LogP) is 8.02. The van der Waals surface area contributed by atoms with Crippen molar-refractivity contribution in [2.75, 3.05) is 6.61 Å². The van der Waals surface area contributed by atoms with Crippen LogP contribution in [0.25, 0.3) is 22.5 Å². The molecule has 1 aromatic carbocycles. The van der Waals surface area contributed by atoms with Crippen molar-refractivity contribution >= 4 is 8.07 Å². The summed E-state index contributed by atoms with van der Waals surface area (Å²) in [5.41, 5.74) is 3.63. The summed E-state index contributed by atoms with van der Waals surface area (Å²) in [5, 5.41) is 3.69. The molecule has 0 radical (unpaired) electrons. The molecular weight excluding hydrogens is 493 g/mol. The quantitative estimate of drug-likeness (QED) is 0.208. The van der Waals surface area contributed by atoms with Gasteiger partial charge in [0.25, 0.3) is 5.82 Å². The van der Waals surface area contributed by atoms with Crippen LogP contribution in [-0.2, 0) is 17.6 Å². The zero-order chi connectivity index (χ0) is 26.6. The Morgan fingerprint density at radius 2 is 1.59 bits per heavy atom. The number of hydrogen-bond acceptors (Lipinski definition) is 4. The highest BCUT2D eigenvalue weighted by molar-refractivity contribution is 6.76. The molecule has 3 aromatic rings. The van der Waals surface area contributed by atoms with Crippen molar-refractivity contribution in [3.63, 3.8) is 0 Å². The molecule has 9 heteroatoms. The van der Waals surface area contributed by atoms with Crippen LogP contribution in [0.15, 0.2) is 42.6 Å². The fourth-order valence-electron chi connectivity index (χ4n) is 4.79. The Hall–Kier alpha value is -2.52. The Kier molecular flexibility index (Phi) is 8.53. The van der Waals surface area contributed by atoms with Crippen LogP contribution in [0.4, 0.5) is 13.2 Å². The Bertz CT molecular complexity index is 1150. The van der Waals surface area contributed by atoms with Crippen molar-refractivity contribution in [2.45, 2.75) is 83.5 Å². The summed E-state index contributed by atoms with van der Waals surface area (Å²) in [5.74, 6) is 0.362. The lowest BCUT2D eigenvalue weighted by atomic mass is 9.79. The van der Waals surface area contributed by atoms with Crippen LogP contribution in [-0.4, -0.2) is 34.4 Å². The second kappa shape index (κ2) is 11.5. The van der Waals surface area contributed by atoms with Gasteiger partial charge in [-0.25, -0.2) is 9.67 Å². The molecule has 2 aromatic heterocycles. The van der Waals surface area contributed by atoms with E-state index in [2.05, 4.69) is 48.8 Å². The molecule has 0 spiro atoms. The monoisotopic (exact) mass is 530 g/mol. The molecule has 5 nitrogen and oxygen atoms in total. The Balaban J connectivity index is 1.48. The summed E-state index contributed by atoms with van der Waals surface area (Å²) in [6.45, 7) is 9.35. The van der Waals surface area contributed by atoms with Crippen molar-refractivity contribution in [2.24, 2.45) is 5.92 Å². The van der Waals surface area contributed by atoms with Crippen LogP contribution in [0.3, 0.4) is 0 Å². The Labute approximate surface area is 218 Å². The summed E-state index contributed by atoms with van der Waals surface area (Å²) in [7, 11) is -1.31. The summed E-state index contributed by atoms with van der Waals surface area (Å²) >= 11 is 0. The van der Waals surface area contributed by atoms with E-state index in [0.29, 0.717) is 18.1 Å². The second-order valence-electron chi connectivity index (χ2n) is 11.3. The van der Waals surface area contributed by atoms with Crippen molar-refractivity contribution in [1.82, 2.24) is 19.7 Å². The smallest absolute Gasteiger partial charge is 0.359 e. The molecule has 0 amide bonds. The lowest BCUT2D eigenvalue weighted by Crippen LogP contribution is -2.22. The van der Waals surface area contributed by atoms with Gasteiger partial charge in [0.2, 0.25) is 0 Å². The molecule has 4 rings (SSSR count). The molecule has 2 heterocycles. The molecule has 1 aliphatic carbocycles. The van der Waals surface area contributed by atoms with Crippen molar-refractivity contribution in [3.05, 3.63) is 54.1 Å². The fraction of sp³-hybridized carbons (Fsp3) is 0.536. The fourth-order valence-corrected chi connectivity index (χ4v) is 5.55. The van der Waals surface area contributed by atoms with E-state index >= 15 is 0 Å². The average Bonchev–Trinajstić information content (AvgIpc) is 3.31. The standard InChI is InChI=1S/C28H37F3N4OSi/c1-5-20-6-8-22(9-7-20)25-15-14-24(18-32-25)21-10-12-23(13-11-21)26-33-27(28(29,30)31)34-35(26)19-36-16-17-37(2,3)4/h10-15,18,20,22H,5-9,16-17,19H2,1-4H3. The van der Waals surface area contributed by atoms with Crippen LogP contribution in [0, 0.1) is 5.92 Å². The number of nitrogens with zero attached hydrogens (tertiary/aromatic N) is 4. The molecular formula is C28H37F3N4OSi. The minimum absolute atomic E-state index is 0.0732. The summed E-state index contributed by atoms with van der Waals surface area (Å²) in [6, 6.07) is 12.4. The first-order chi connectivity index (χ1) is 17.5. The first kappa shape index (κ1) is 27.5. The maximum absolute atomic E-state index is 13.4. The number of benzene rings is 1. The lowest BCUT2D eigenvalue weighted by molar-refractivity contribution is -0.145. The van der Waals surface area contributed by atoms with Gasteiger partial charge < -0.3 is 4.74 Å². The number of halogens is 3. The topological polar surface area (TPSA) is 52.8 Å². The van der Waals surface area contributed by atoms with E-state index in [9.17, 15) is 13.2 Å². The van der Waals surface area contributed by atoms with E-state index in [0.717, 1.165) is 28.8 Å². The zero-order valence-corrected chi connectivity index (χ0v) is 23.2. The number of ether oxygens (including phenoxy) is 1. The number of alkyl halides is 3. The van der Waals surface area contributed by atoms with Gasteiger partial charge >= 0.3 is 6.18 Å². The van der Waals surface area contributed by atoms with Gasteiger partial charge in [0.1, 0.15) is 6.73 Å². The van der Waals surface area contributed by atoms with E-state index in [4.69, 9.17) is 9.72 Å². The molecule has 0 aliphatic heterocycles. The molecule has 0 bridgehead atoms. The summed E-state index contributed by atoms with van der Waals surface area (Å²) in [4.78, 5) is 8.55. The van der Waals surface area contributed by atoms with Gasteiger partial charge in [-0.05, 0) is 49.3 Å². The minimum Gasteiger partial charge on any atom is -0.359 e. The highest BCUT2D eigenvalue weighted by atomic mass is 28.3. The van der Waals surface area contributed by atoms with Gasteiger partial charge in [-0.1, -0.05) is 63.3 Å². The summed E-state index contributed by atoms with van der Waals surface area (Å²) < 4.78 is 46.9. The molecule has 37 heavy (non-hydrogen) atoms. The van der Waals surface area contributed by atoms with Crippen LogP contribution in [0.2, 0.25) is 25.7 Å². The van der Waals surface area contributed by atoms with E-state index in [1.54, 1.807) is 12.1 Å². The van der Waals surface area contributed by atoms with Crippen LogP contribution < -0.4 is 0 Å². The van der Waals surface area contributed by atoms with Crippen molar-refractivity contribution in [1.29, 1.82) is 0 Å². The second-order valence-corrected chi connectivity index (χ2v) is 16.9. The van der Waals surface area contributed by atoms with E-state index < -0.39 is 20.1 Å². The Morgan fingerprint density at radius 1 is 0.946 bits per heavy atom. The molecule has 0 atom stereocenters. The Morgan fingerprint density at radius 3 is 2.16 bits per heavy atom. The normalized spacial score (nSPS) is 18.8. The molecule has 200 valence electrons. The number of rotatable bonds is 9. The molecule has 1 fully saturated rings. The third-order valence-corrected chi connectivity index (χ3v) is 8.94. The van der Waals surface area contributed by atoms with Gasteiger partial charge in [0.05, 0.1) is 0 Å². The van der Waals surface area contributed by atoms with Crippen LogP contribution in [0.1, 0.15) is 56.5 Å². The highest BCUT2D eigenvalue weighted by Crippen LogP contribution is 2.36. The molecule has 0 N–H and O–H groups in total. The first-order valence-electron chi connectivity index (χ1n) is 13.2. The van der Waals surface area contributed by atoms with Gasteiger partial charge in [-0.3, -0.25) is 4.98 Å². The zero-order valence-electron chi connectivity index (χ0n) is 22.2. The van der Waals surface area contributed by atoms with Crippen molar-refractivity contribution in [3.8, 4) is 22.5 Å². The highest BCUT2D eigenvalue weighted by Gasteiger charge is 2.37. The third-order valence-electron chi connectivity index (χ3n) is 7.24. The van der Waals surface area contributed by atoms with Gasteiger partial charge in [-0.2, -0.15) is 13.2 Å². The largest absolute Gasteiger partial charge is 0.453 e. The first-order valence-corrected chi connectivity index (χ1v) is 16.9. The van der Waals surface area contributed by atoms with E-state index in [1.807, 2.05) is 18.3 Å². The van der Waals surface area contributed by atoms with E-state index in [1.165, 1.54) is 36.8 Å². The number of aromatic nitrogens is 4. The maximum Gasteiger partial charge on any atom is 0.453 e. The van der Waals surface area contributed by atoms with Gasteiger partial charge in [0, 0.05) is 43.6 Å². The number of hydrogen-bond donors (Lipinski definition) is 0. The molecule has 1 aliphatic rings. The minimum atomic E-state index is -4.62. The van der Waals surface area contributed by atoms with Crippen LogP contribution >= 0.6 is 0 Å². The predicted molar refractivity (Wildman–Crippen MR) is 143 cm³/mol. The van der Waals surface area contributed by atoms with Gasteiger partial charge in [0.15, 0.2) is 5.82 Å². The third kappa shape index (κ3) is 7.28. The van der Waals surface area contributed by atoms with Gasteiger partial charge in [-0.15, -0.1) is 5.10 Å². The maximum atomic E-state index is 13.4. The van der Waals surface area contributed by atoms with Crippen LogP contribution in [0.5, 0.6) is 0 Å². The van der Waals surface area contributed by atoms with E-state index in [-0.39, 0.29) is 12.6 Å². The summed E-state index contributed by atoms with van der Waals surface area (Å²) in [6.07, 6.45) is 3.47.